The Morgan fingerprint density at radius 3 is 2.36 bits per heavy atom. The van der Waals surface area contributed by atoms with Gasteiger partial charge in [-0.25, -0.2) is 9.78 Å². The molecule has 1 aliphatic carbocycles. The summed E-state index contributed by atoms with van der Waals surface area (Å²) < 4.78 is 11.0. The molecule has 3 fully saturated rings. The Bertz CT molecular complexity index is 1490. The van der Waals surface area contributed by atoms with Crippen molar-refractivity contribution in [2.75, 3.05) is 51.4 Å². The topological polar surface area (TPSA) is 142 Å². The minimum atomic E-state index is -0.985. The molecule has 0 unspecified atom stereocenters. The van der Waals surface area contributed by atoms with Crippen LogP contribution in [0, 0.1) is 0 Å². The Labute approximate surface area is 258 Å². The number of anilines is 1. The molecule has 6 rings (SSSR count). The van der Waals surface area contributed by atoms with E-state index in [2.05, 4.69) is 20.9 Å². The van der Waals surface area contributed by atoms with Crippen LogP contribution < -0.4 is 16.0 Å². The molecule has 3 N–H and O–H groups in total. The molecule has 1 saturated carbocycles. The molecule has 5 amide bonds. The molecule has 2 aliphatic heterocycles. The van der Waals surface area contributed by atoms with Gasteiger partial charge in [-0.1, -0.05) is 42.5 Å². The molecule has 3 aromatic rings. The molecule has 0 spiro atoms. The predicted molar refractivity (Wildman–Crippen MR) is 163 cm³/mol. The number of nitrogens with zero attached hydrogens (tertiary/aromatic N) is 3. The number of morpholine rings is 2. The molecule has 44 heavy (non-hydrogen) atoms. The lowest BCUT2D eigenvalue weighted by Crippen LogP contribution is -2.58. The van der Waals surface area contributed by atoms with Crippen LogP contribution in [0.15, 0.2) is 60.0 Å². The lowest BCUT2D eigenvalue weighted by molar-refractivity contribution is -0.148. The molecule has 12 nitrogen and oxygen atoms in total. The van der Waals surface area contributed by atoms with E-state index >= 15 is 0 Å². The molecular formula is C31H34N6O6S. The zero-order valence-electron chi connectivity index (χ0n) is 24.1. The summed E-state index contributed by atoms with van der Waals surface area (Å²) in [4.78, 5) is 60.5. The second-order valence-corrected chi connectivity index (χ2v) is 11.7. The number of thiazole rings is 1. The van der Waals surface area contributed by atoms with Gasteiger partial charge < -0.3 is 35.2 Å². The first-order valence-electron chi connectivity index (χ1n) is 14.7. The van der Waals surface area contributed by atoms with Crippen molar-refractivity contribution in [3.8, 4) is 11.3 Å². The van der Waals surface area contributed by atoms with Crippen molar-refractivity contribution < 1.29 is 28.7 Å². The van der Waals surface area contributed by atoms with Gasteiger partial charge in [-0.3, -0.25) is 14.4 Å². The third-order valence-electron chi connectivity index (χ3n) is 7.75. The Morgan fingerprint density at radius 2 is 1.64 bits per heavy atom. The fraction of sp³-hybridized carbons (Fsp3) is 0.387. The summed E-state index contributed by atoms with van der Waals surface area (Å²) in [6.45, 7) is 2.20. The summed E-state index contributed by atoms with van der Waals surface area (Å²) in [5.74, 6) is -0.918. The number of benzene rings is 2. The van der Waals surface area contributed by atoms with E-state index in [4.69, 9.17) is 9.47 Å². The van der Waals surface area contributed by atoms with Gasteiger partial charge in [-0.15, -0.1) is 11.3 Å². The molecule has 0 radical (unpaired) electrons. The van der Waals surface area contributed by atoms with Gasteiger partial charge in [-0.05, 0) is 30.5 Å². The van der Waals surface area contributed by atoms with E-state index in [9.17, 15) is 19.2 Å². The quantitative estimate of drug-likeness (QED) is 0.352. The van der Waals surface area contributed by atoms with Gasteiger partial charge in [0, 0.05) is 42.2 Å². The standard InChI is InChI=1S/C31H34N6O6S/c38-27(32-23-10-11-23)22-8-6-20(7-9-22)24-19-44-30(33-24)35-28(39)25-18-43-17-14-37(25)29(40)26(21-4-2-1-3-5-21)34-31(41)36-12-15-42-16-13-36/h1-9,19,23,25-26H,10-18H2,(H,32,38)(H,34,41)(H,33,35,39)/t25-,26+/m0/s1. The van der Waals surface area contributed by atoms with Crippen LogP contribution in [0.4, 0.5) is 9.93 Å². The molecule has 3 heterocycles. The Balaban J connectivity index is 1.13. The first-order chi connectivity index (χ1) is 21.5. The maximum atomic E-state index is 14.0. The minimum Gasteiger partial charge on any atom is -0.378 e. The summed E-state index contributed by atoms with van der Waals surface area (Å²) in [6, 6.07) is 14.2. The smallest absolute Gasteiger partial charge is 0.318 e. The normalized spacial score (nSPS) is 19.1. The van der Waals surface area contributed by atoms with Gasteiger partial charge in [0.1, 0.15) is 12.1 Å². The van der Waals surface area contributed by atoms with Crippen LogP contribution in [0.3, 0.4) is 0 Å². The molecular weight excluding hydrogens is 584 g/mol. The highest BCUT2D eigenvalue weighted by Gasteiger charge is 2.38. The lowest BCUT2D eigenvalue weighted by atomic mass is 10.0. The summed E-state index contributed by atoms with van der Waals surface area (Å²) in [7, 11) is 0. The van der Waals surface area contributed by atoms with E-state index in [1.807, 2.05) is 23.6 Å². The van der Waals surface area contributed by atoms with Crippen LogP contribution in [-0.4, -0.2) is 96.7 Å². The number of urea groups is 1. The van der Waals surface area contributed by atoms with Gasteiger partial charge in [0.15, 0.2) is 5.13 Å². The zero-order valence-corrected chi connectivity index (χ0v) is 24.9. The molecule has 1 aromatic heterocycles. The fourth-order valence-corrected chi connectivity index (χ4v) is 5.83. The highest BCUT2D eigenvalue weighted by atomic mass is 32.1. The van der Waals surface area contributed by atoms with Crippen molar-refractivity contribution in [2.24, 2.45) is 0 Å². The zero-order chi connectivity index (χ0) is 30.5. The second-order valence-electron chi connectivity index (χ2n) is 10.9. The summed E-state index contributed by atoms with van der Waals surface area (Å²) in [6.07, 6.45) is 2.05. The third-order valence-corrected chi connectivity index (χ3v) is 8.51. The molecule has 3 aliphatic rings. The van der Waals surface area contributed by atoms with Crippen molar-refractivity contribution in [3.05, 3.63) is 71.1 Å². The summed E-state index contributed by atoms with van der Waals surface area (Å²) in [5, 5.41) is 10.9. The van der Waals surface area contributed by atoms with Crippen LogP contribution >= 0.6 is 11.3 Å². The number of amides is 5. The van der Waals surface area contributed by atoms with Crippen LogP contribution in [0.2, 0.25) is 0 Å². The predicted octanol–water partition coefficient (Wildman–Crippen LogP) is 2.65. The molecule has 2 saturated heterocycles. The molecule has 13 heteroatoms. The third kappa shape index (κ3) is 7.07. The molecule has 0 bridgehead atoms. The van der Waals surface area contributed by atoms with Crippen LogP contribution in [0.1, 0.15) is 34.8 Å². The maximum absolute atomic E-state index is 14.0. The number of carbonyl (C=O) groups is 4. The van der Waals surface area contributed by atoms with E-state index in [1.54, 1.807) is 41.3 Å². The van der Waals surface area contributed by atoms with Crippen molar-refractivity contribution >= 4 is 40.2 Å². The first-order valence-corrected chi connectivity index (χ1v) is 15.6. The number of aromatic nitrogens is 1. The van der Waals surface area contributed by atoms with Crippen molar-refractivity contribution in [2.45, 2.75) is 31.0 Å². The Morgan fingerprint density at radius 1 is 0.909 bits per heavy atom. The molecule has 2 atom stereocenters. The first kappa shape index (κ1) is 29.7. The number of hydrogen-bond donors (Lipinski definition) is 3. The van der Waals surface area contributed by atoms with E-state index in [-0.39, 0.29) is 37.7 Å². The van der Waals surface area contributed by atoms with Gasteiger partial charge in [0.25, 0.3) is 17.7 Å². The van der Waals surface area contributed by atoms with Crippen molar-refractivity contribution in [3.63, 3.8) is 0 Å². The van der Waals surface area contributed by atoms with Crippen molar-refractivity contribution in [1.29, 1.82) is 0 Å². The average molecular weight is 619 g/mol. The summed E-state index contributed by atoms with van der Waals surface area (Å²) >= 11 is 1.26. The van der Waals surface area contributed by atoms with Gasteiger partial charge >= 0.3 is 6.03 Å². The van der Waals surface area contributed by atoms with E-state index in [0.29, 0.717) is 48.3 Å². The van der Waals surface area contributed by atoms with Gasteiger partial charge in [-0.2, -0.15) is 0 Å². The largest absolute Gasteiger partial charge is 0.378 e. The monoisotopic (exact) mass is 618 g/mol. The highest BCUT2D eigenvalue weighted by Crippen LogP contribution is 2.27. The van der Waals surface area contributed by atoms with Crippen molar-refractivity contribution in [1.82, 2.24) is 25.4 Å². The molecule has 230 valence electrons. The van der Waals surface area contributed by atoms with E-state index < -0.39 is 23.9 Å². The Hall–Kier alpha value is -4.33. The lowest BCUT2D eigenvalue weighted by Gasteiger charge is -2.37. The highest BCUT2D eigenvalue weighted by molar-refractivity contribution is 7.14. The maximum Gasteiger partial charge on any atom is 0.318 e. The number of carbonyl (C=O) groups excluding carboxylic acids is 4. The van der Waals surface area contributed by atoms with Crippen LogP contribution in [0.5, 0.6) is 0 Å². The number of rotatable bonds is 8. The fourth-order valence-electron chi connectivity index (χ4n) is 5.11. The number of ether oxygens (including phenoxy) is 2. The second kappa shape index (κ2) is 13.5. The molecule has 2 aromatic carbocycles. The minimum absolute atomic E-state index is 0.0130. The number of nitrogens with one attached hydrogen (secondary N) is 3. The van der Waals surface area contributed by atoms with E-state index in [0.717, 1.165) is 18.4 Å². The van der Waals surface area contributed by atoms with Crippen LogP contribution in [0.25, 0.3) is 11.3 Å². The SMILES string of the molecule is O=C(NC1CC1)c1ccc(-c2csc(NC(=O)[C@@H]3COCCN3C(=O)[C@H](NC(=O)N3CCOCC3)c3ccccc3)n2)cc1. The van der Waals surface area contributed by atoms with E-state index in [1.165, 1.54) is 16.2 Å². The number of hydrogen-bond acceptors (Lipinski definition) is 8. The van der Waals surface area contributed by atoms with Crippen LogP contribution in [-0.2, 0) is 19.1 Å². The Kier molecular flexibility index (Phi) is 9.15. The van der Waals surface area contributed by atoms with Gasteiger partial charge in [0.2, 0.25) is 0 Å². The summed E-state index contributed by atoms with van der Waals surface area (Å²) in [5.41, 5.74) is 2.67. The van der Waals surface area contributed by atoms with Gasteiger partial charge in [0.05, 0.1) is 32.1 Å². The average Bonchev–Trinajstić information content (AvgIpc) is 3.77.